The number of hydrogen-bond acceptors (Lipinski definition) is 1. The Kier molecular flexibility index (Phi) is 3.22. The van der Waals surface area contributed by atoms with Gasteiger partial charge in [0.2, 0.25) is 0 Å². The Morgan fingerprint density at radius 2 is 1.62 bits per heavy atom. The molecule has 0 aliphatic heterocycles. The summed E-state index contributed by atoms with van der Waals surface area (Å²) in [5, 5.41) is 10.0. The Bertz CT molecular complexity index is 387. The van der Waals surface area contributed by atoms with Crippen molar-refractivity contribution in [3.8, 4) is 5.75 Å². The quantitative estimate of drug-likeness (QED) is 0.742. The van der Waals surface area contributed by atoms with Crippen LogP contribution in [0.25, 0.3) is 0 Å². The zero-order valence-electron chi connectivity index (χ0n) is 10.6. The third-order valence-electron chi connectivity index (χ3n) is 4.00. The molecule has 0 spiro atoms. The first kappa shape index (κ1) is 11.5. The Hall–Kier alpha value is -0.980. The van der Waals surface area contributed by atoms with Crippen molar-refractivity contribution in [2.24, 2.45) is 0 Å². The molecule has 0 atom stereocenters. The van der Waals surface area contributed by atoms with Crippen LogP contribution in [0.1, 0.15) is 60.3 Å². The van der Waals surface area contributed by atoms with Crippen LogP contribution in [0, 0.1) is 20.8 Å². The van der Waals surface area contributed by atoms with Crippen molar-refractivity contribution in [1.82, 2.24) is 0 Å². The van der Waals surface area contributed by atoms with Gasteiger partial charge < -0.3 is 5.11 Å². The first-order valence-corrected chi connectivity index (χ1v) is 6.41. The van der Waals surface area contributed by atoms with Crippen molar-refractivity contribution < 1.29 is 5.11 Å². The highest BCUT2D eigenvalue weighted by atomic mass is 16.3. The van der Waals surface area contributed by atoms with Gasteiger partial charge in [-0.3, -0.25) is 0 Å². The molecule has 1 N–H and O–H groups in total. The van der Waals surface area contributed by atoms with E-state index in [0.29, 0.717) is 11.7 Å². The lowest BCUT2D eigenvalue weighted by atomic mass is 9.79. The molecule has 1 heteroatoms. The fourth-order valence-electron chi connectivity index (χ4n) is 3.21. The first-order chi connectivity index (χ1) is 7.61. The Morgan fingerprint density at radius 1 is 1.00 bits per heavy atom. The molecule has 1 aliphatic carbocycles. The van der Waals surface area contributed by atoms with E-state index in [2.05, 4.69) is 19.9 Å². The average molecular weight is 218 g/mol. The summed E-state index contributed by atoms with van der Waals surface area (Å²) >= 11 is 0. The van der Waals surface area contributed by atoms with Crippen LogP contribution in [0.15, 0.2) is 6.07 Å². The highest BCUT2D eigenvalue weighted by Gasteiger charge is 2.21. The minimum Gasteiger partial charge on any atom is -0.507 e. The Labute approximate surface area is 98.5 Å². The maximum absolute atomic E-state index is 10.0. The van der Waals surface area contributed by atoms with Crippen molar-refractivity contribution in [1.29, 1.82) is 0 Å². The number of phenolic OH excluding ortho intramolecular Hbond substituents is 1. The summed E-state index contributed by atoms with van der Waals surface area (Å²) in [6.07, 6.45) is 6.66. The topological polar surface area (TPSA) is 20.2 Å². The summed E-state index contributed by atoms with van der Waals surface area (Å²) in [6, 6.07) is 2.13. The third-order valence-corrected chi connectivity index (χ3v) is 4.00. The second-order valence-corrected chi connectivity index (χ2v) is 5.23. The fraction of sp³-hybridized carbons (Fsp3) is 0.600. The standard InChI is InChI=1S/C15H22O/c1-10-9-11(2)15(16)12(3)14(10)13-7-5-4-6-8-13/h9,13,16H,4-8H2,1-3H3. The Morgan fingerprint density at radius 3 is 2.25 bits per heavy atom. The lowest BCUT2D eigenvalue weighted by Crippen LogP contribution is -2.08. The molecule has 88 valence electrons. The van der Waals surface area contributed by atoms with E-state index in [1.165, 1.54) is 43.2 Å². The van der Waals surface area contributed by atoms with Crippen molar-refractivity contribution in [2.45, 2.75) is 58.8 Å². The van der Waals surface area contributed by atoms with Crippen LogP contribution in [-0.4, -0.2) is 5.11 Å². The van der Waals surface area contributed by atoms with Gasteiger partial charge in [-0.15, -0.1) is 0 Å². The first-order valence-electron chi connectivity index (χ1n) is 6.41. The molecule has 1 aromatic carbocycles. The maximum atomic E-state index is 10.0. The number of phenols is 1. The van der Waals surface area contributed by atoms with E-state index in [1.54, 1.807) is 0 Å². The summed E-state index contributed by atoms with van der Waals surface area (Å²) < 4.78 is 0. The number of hydrogen-bond donors (Lipinski definition) is 1. The van der Waals surface area contributed by atoms with Crippen LogP contribution in [0.3, 0.4) is 0 Å². The molecule has 0 amide bonds. The van der Waals surface area contributed by atoms with E-state index in [9.17, 15) is 5.11 Å². The molecule has 0 aromatic heterocycles. The molecule has 2 rings (SSSR count). The van der Waals surface area contributed by atoms with Gasteiger partial charge in [0.05, 0.1) is 0 Å². The third kappa shape index (κ3) is 1.95. The van der Waals surface area contributed by atoms with Crippen LogP contribution < -0.4 is 0 Å². The Balaban J connectivity index is 2.42. The smallest absolute Gasteiger partial charge is 0.121 e. The number of aromatic hydroxyl groups is 1. The molecule has 1 fully saturated rings. The monoisotopic (exact) mass is 218 g/mol. The number of aryl methyl sites for hydroxylation is 2. The van der Waals surface area contributed by atoms with Gasteiger partial charge in [0.15, 0.2) is 0 Å². The van der Waals surface area contributed by atoms with E-state index < -0.39 is 0 Å². The highest BCUT2D eigenvalue weighted by molar-refractivity contribution is 5.49. The summed E-state index contributed by atoms with van der Waals surface area (Å²) in [7, 11) is 0. The van der Waals surface area contributed by atoms with Crippen LogP contribution in [-0.2, 0) is 0 Å². The second-order valence-electron chi connectivity index (χ2n) is 5.23. The van der Waals surface area contributed by atoms with Crippen LogP contribution >= 0.6 is 0 Å². The van der Waals surface area contributed by atoms with Crippen LogP contribution in [0.2, 0.25) is 0 Å². The largest absolute Gasteiger partial charge is 0.507 e. The molecular formula is C15H22O. The molecule has 0 unspecified atom stereocenters. The van der Waals surface area contributed by atoms with Crippen molar-refractivity contribution in [3.05, 3.63) is 28.3 Å². The zero-order valence-corrected chi connectivity index (χ0v) is 10.6. The van der Waals surface area contributed by atoms with Gasteiger partial charge in [0, 0.05) is 0 Å². The number of rotatable bonds is 1. The van der Waals surface area contributed by atoms with E-state index in [1.807, 2.05) is 6.92 Å². The molecule has 1 aliphatic rings. The maximum Gasteiger partial charge on any atom is 0.121 e. The molecule has 1 saturated carbocycles. The highest BCUT2D eigenvalue weighted by Crippen LogP contribution is 2.39. The van der Waals surface area contributed by atoms with E-state index >= 15 is 0 Å². The van der Waals surface area contributed by atoms with Crippen LogP contribution in [0.4, 0.5) is 0 Å². The molecule has 1 aromatic rings. The molecule has 16 heavy (non-hydrogen) atoms. The van der Waals surface area contributed by atoms with Crippen molar-refractivity contribution in [2.75, 3.05) is 0 Å². The molecule has 0 bridgehead atoms. The van der Waals surface area contributed by atoms with Gasteiger partial charge in [0.25, 0.3) is 0 Å². The molecule has 0 heterocycles. The van der Waals surface area contributed by atoms with Gasteiger partial charge >= 0.3 is 0 Å². The van der Waals surface area contributed by atoms with Crippen molar-refractivity contribution in [3.63, 3.8) is 0 Å². The molecule has 0 saturated heterocycles. The molecule has 1 nitrogen and oxygen atoms in total. The van der Waals surface area contributed by atoms with Crippen molar-refractivity contribution >= 4 is 0 Å². The molecule has 0 radical (unpaired) electrons. The average Bonchev–Trinajstić information content (AvgIpc) is 2.28. The second kappa shape index (κ2) is 4.48. The minimum absolute atomic E-state index is 0.506. The van der Waals surface area contributed by atoms with E-state index in [0.717, 1.165) is 11.1 Å². The fourth-order valence-corrected chi connectivity index (χ4v) is 3.21. The zero-order chi connectivity index (χ0) is 11.7. The summed E-state index contributed by atoms with van der Waals surface area (Å²) in [5.74, 6) is 1.19. The minimum atomic E-state index is 0.506. The van der Waals surface area contributed by atoms with Crippen LogP contribution in [0.5, 0.6) is 5.75 Å². The summed E-state index contributed by atoms with van der Waals surface area (Å²) in [6.45, 7) is 6.24. The lowest BCUT2D eigenvalue weighted by molar-refractivity contribution is 0.432. The summed E-state index contributed by atoms with van der Waals surface area (Å²) in [4.78, 5) is 0. The summed E-state index contributed by atoms with van der Waals surface area (Å²) in [5.41, 5.74) is 4.90. The molecular weight excluding hydrogens is 196 g/mol. The SMILES string of the molecule is Cc1cc(C)c(C2CCCCC2)c(C)c1O. The predicted molar refractivity (Wildman–Crippen MR) is 68.1 cm³/mol. The van der Waals surface area contributed by atoms with E-state index in [4.69, 9.17) is 0 Å². The van der Waals surface area contributed by atoms with Gasteiger partial charge in [-0.25, -0.2) is 0 Å². The van der Waals surface area contributed by atoms with Gasteiger partial charge in [-0.05, 0) is 61.8 Å². The normalized spacial score (nSPS) is 17.7. The van der Waals surface area contributed by atoms with Gasteiger partial charge in [-0.2, -0.15) is 0 Å². The van der Waals surface area contributed by atoms with Gasteiger partial charge in [0.1, 0.15) is 5.75 Å². The predicted octanol–water partition coefficient (Wildman–Crippen LogP) is 4.37. The van der Waals surface area contributed by atoms with Gasteiger partial charge in [-0.1, -0.05) is 25.3 Å². The van der Waals surface area contributed by atoms with E-state index in [-0.39, 0.29) is 0 Å². The number of benzene rings is 1. The lowest BCUT2D eigenvalue weighted by Gasteiger charge is -2.26.